The van der Waals surface area contributed by atoms with Gasteiger partial charge in [-0.3, -0.25) is 4.79 Å². The van der Waals surface area contributed by atoms with E-state index < -0.39 is 6.09 Å². The highest BCUT2D eigenvalue weighted by Crippen LogP contribution is 2.19. The zero-order chi connectivity index (χ0) is 8.27. The molecule has 0 spiro atoms. The number of hydrogen-bond donors (Lipinski definition) is 1. The van der Waals surface area contributed by atoms with Crippen LogP contribution in [0.25, 0.3) is 0 Å². The molecule has 1 aromatic rings. The van der Waals surface area contributed by atoms with Gasteiger partial charge in [-0.25, -0.2) is 9.78 Å². The highest BCUT2D eigenvalue weighted by atomic mass is 32.1. The number of thiazole rings is 1. The standard InChI is InChI=1S/C5H4N2O3S/c6-5(9)10-4-1-7-3(2-8)11-4/h1-2H,(H2,6,9). The SMILES string of the molecule is NC(=O)Oc1cnc(C=O)s1. The quantitative estimate of drug-likeness (QED) is 0.655. The van der Waals surface area contributed by atoms with Crippen molar-refractivity contribution in [2.75, 3.05) is 0 Å². The number of amides is 1. The number of ether oxygens (including phenoxy) is 1. The van der Waals surface area contributed by atoms with Gasteiger partial charge in [0.05, 0.1) is 6.20 Å². The Morgan fingerprint density at radius 2 is 2.55 bits per heavy atom. The van der Waals surface area contributed by atoms with Crippen molar-refractivity contribution >= 4 is 23.7 Å². The highest BCUT2D eigenvalue weighted by molar-refractivity contribution is 7.15. The number of rotatable bonds is 2. The van der Waals surface area contributed by atoms with Gasteiger partial charge in [-0.1, -0.05) is 11.3 Å². The van der Waals surface area contributed by atoms with Crippen molar-refractivity contribution in [2.24, 2.45) is 5.73 Å². The fraction of sp³-hybridized carbons (Fsp3) is 0. The van der Waals surface area contributed by atoms with Crippen LogP contribution in [0.15, 0.2) is 6.20 Å². The topological polar surface area (TPSA) is 82.3 Å². The Kier molecular flexibility index (Phi) is 2.17. The molecule has 0 aromatic carbocycles. The van der Waals surface area contributed by atoms with E-state index in [1.807, 2.05) is 0 Å². The maximum Gasteiger partial charge on any atom is 0.410 e. The summed E-state index contributed by atoms with van der Waals surface area (Å²) in [6.07, 6.45) is 0.920. The molecule has 58 valence electrons. The molecule has 6 heteroatoms. The highest BCUT2D eigenvalue weighted by Gasteiger charge is 2.03. The molecule has 1 rings (SSSR count). The minimum Gasteiger partial charge on any atom is -0.398 e. The van der Waals surface area contributed by atoms with E-state index >= 15 is 0 Å². The fourth-order valence-electron chi connectivity index (χ4n) is 0.473. The average molecular weight is 172 g/mol. The number of nitrogens with two attached hydrogens (primary N) is 1. The Morgan fingerprint density at radius 3 is 3.00 bits per heavy atom. The Balaban J connectivity index is 2.72. The summed E-state index contributed by atoms with van der Waals surface area (Å²) in [4.78, 5) is 23.8. The van der Waals surface area contributed by atoms with E-state index in [0.29, 0.717) is 6.29 Å². The number of primary amides is 1. The van der Waals surface area contributed by atoms with Gasteiger partial charge in [0, 0.05) is 0 Å². The summed E-state index contributed by atoms with van der Waals surface area (Å²) < 4.78 is 4.43. The first-order valence-electron chi connectivity index (χ1n) is 2.60. The van der Waals surface area contributed by atoms with Crippen LogP contribution in [-0.2, 0) is 0 Å². The average Bonchev–Trinajstić information content (AvgIpc) is 2.34. The number of aldehydes is 1. The molecule has 11 heavy (non-hydrogen) atoms. The van der Waals surface area contributed by atoms with E-state index in [9.17, 15) is 9.59 Å². The van der Waals surface area contributed by atoms with Crippen LogP contribution in [0.2, 0.25) is 0 Å². The summed E-state index contributed by atoms with van der Waals surface area (Å²) in [6, 6.07) is 0. The molecule has 0 atom stereocenters. The predicted octanol–water partition coefficient (Wildman–Crippen LogP) is 0.413. The van der Waals surface area contributed by atoms with Gasteiger partial charge in [-0.15, -0.1) is 0 Å². The van der Waals surface area contributed by atoms with Crippen LogP contribution in [0, 0.1) is 0 Å². The predicted molar refractivity (Wildman–Crippen MR) is 37.7 cm³/mol. The van der Waals surface area contributed by atoms with Crippen LogP contribution in [0.1, 0.15) is 9.80 Å². The van der Waals surface area contributed by atoms with E-state index in [4.69, 9.17) is 5.73 Å². The van der Waals surface area contributed by atoms with Crippen LogP contribution >= 0.6 is 11.3 Å². The second-order valence-corrected chi connectivity index (χ2v) is 2.58. The molecular formula is C5H4N2O3S. The molecule has 0 aliphatic carbocycles. The van der Waals surface area contributed by atoms with E-state index in [2.05, 4.69) is 9.72 Å². The van der Waals surface area contributed by atoms with Gasteiger partial charge in [0.2, 0.25) is 5.06 Å². The van der Waals surface area contributed by atoms with Gasteiger partial charge in [0.15, 0.2) is 11.3 Å². The molecule has 0 aliphatic rings. The van der Waals surface area contributed by atoms with Gasteiger partial charge < -0.3 is 10.5 Å². The van der Waals surface area contributed by atoms with Crippen molar-refractivity contribution in [1.82, 2.24) is 4.98 Å². The molecule has 0 fully saturated rings. The van der Waals surface area contributed by atoms with Crippen LogP contribution in [0.5, 0.6) is 5.06 Å². The lowest BCUT2D eigenvalue weighted by Gasteiger charge is -1.90. The van der Waals surface area contributed by atoms with Gasteiger partial charge >= 0.3 is 6.09 Å². The molecule has 5 nitrogen and oxygen atoms in total. The monoisotopic (exact) mass is 172 g/mol. The van der Waals surface area contributed by atoms with Gasteiger partial charge in [0.1, 0.15) is 0 Å². The Morgan fingerprint density at radius 1 is 1.82 bits per heavy atom. The van der Waals surface area contributed by atoms with Crippen LogP contribution in [0.3, 0.4) is 0 Å². The minimum absolute atomic E-state index is 0.222. The number of nitrogens with zero attached hydrogens (tertiary/aromatic N) is 1. The fourth-order valence-corrected chi connectivity index (χ4v) is 1.06. The van der Waals surface area contributed by atoms with Crippen LogP contribution in [0.4, 0.5) is 4.79 Å². The Bertz CT molecular complexity index is 283. The van der Waals surface area contributed by atoms with Crippen LogP contribution < -0.4 is 10.5 Å². The summed E-state index contributed by atoms with van der Waals surface area (Å²) in [5, 5.41) is 0.473. The molecule has 0 radical (unpaired) electrons. The van der Waals surface area contributed by atoms with Crippen molar-refractivity contribution in [3.8, 4) is 5.06 Å². The van der Waals surface area contributed by atoms with Crippen LogP contribution in [-0.4, -0.2) is 17.4 Å². The largest absolute Gasteiger partial charge is 0.410 e. The molecule has 1 heterocycles. The van der Waals surface area contributed by atoms with E-state index in [1.165, 1.54) is 6.20 Å². The molecule has 1 aromatic heterocycles. The maximum absolute atomic E-state index is 10.2. The van der Waals surface area contributed by atoms with Gasteiger partial charge in [-0.05, 0) is 0 Å². The molecule has 2 N–H and O–H groups in total. The zero-order valence-electron chi connectivity index (χ0n) is 5.31. The van der Waals surface area contributed by atoms with Crippen molar-refractivity contribution in [2.45, 2.75) is 0 Å². The van der Waals surface area contributed by atoms with E-state index in [0.717, 1.165) is 11.3 Å². The number of carbonyl (C=O) groups is 2. The second kappa shape index (κ2) is 3.11. The van der Waals surface area contributed by atoms with E-state index in [1.54, 1.807) is 0 Å². The molecule has 0 aliphatic heterocycles. The molecule has 0 bridgehead atoms. The lowest BCUT2D eigenvalue weighted by Crippen LogP contribution is -2.15. The molecule has 0 saturated carbocycles. The van der Waals surface area contributed by atoms with Crippen molar-refractivity contribution in [3.05, 3.63) is 11.2 Å². The number of aromatic nitrogens is 1. The minimum atomic E-state index is -0.911. The van der Waals surface area contributed by atoms with Gasteiger partial charge in [0.25, 0.3) is 0 Å². The first-order chi connectivity index (χ1) is 5.22. The van der Waals surface area contributed by atoms with Crippen molar-refractivity contribution in [3.63, 3.8) is 0 Å². The van der Waals surface area contributed by atoms with E-state index in [-0.39, 0.29) is 10.1 Å². The maximum atomic E-state index is 10.2. The smallest absolute Gasteiger partial charge is 0.398 e. The second-order valence-electron chi connectivity index (χ2n) is 1.56. The first-order valence-corrected chi connectivity index (χ1v) is 3.42. The summed E-state index contributed by atoms with van der Waals surface area (Å²) >= 11 is 0.959. The van der Waals surface area contributed by atoms with Crippen molar-refractivity contribution in [1.29, 1.82) is 0 Å². The molecule has 0 saturated heterocycles. The lowest BCUT2D eigenvalue weighted by molar-refractivity contribution is 0.112. The normalized spacial score (nSPS) is 9.09. The molecule has 1 amide bonds. The third-order valence-electron chi connectivity index (χ3n) is 0.804. The third-order valence-corrected chi connectivity index (χ3v) is 1.61. The Hall–Kier alpha value is -1.43. The summed E-state index contributed by atoms with van der Waals surface area (Å²) in [5.41, 5.74) is 4.70. The Labute approximate surface area is 65.8 Å². The number of carbonyl (C=O) groups excluding carboxylic acids is 2. The zero-order valence-corrected chi connectivity index (χ0v) is 6.13. The van der Waals surface area contributed by atoms with Gasteiger partial charge in [-0.2, -0.15) is 0 Å². The summed E-state index contributed by atoms with van der Waals surface area (Å²) in [7, 11) is 0. The molecule has 0 unspecified atom stereocenters. The lowest BCUT2D eigenvalue weighted by atomic mass is 10.8. The summed E-state index contributed by atoms with van der Waals surface area (Å²) in [5.74, 6) is 0. The first kappa shape index (κ1) is 7.67. The summed E-state index contributed by atoms with van der Waals surface area (Å²) in [6.45, 7) is 0. The number of hydrogen-bond acceptors (Lipinski definition) is 5. The molecular weight excluding hydrogens is 168 g/mol. The van der Waals surface area contributed by atoms with Crippen molar-refractivity contribution < 1.29 is 14.3 Å². The third kappa shape index (κ3) is 2.01.